The van der Waals surface area contributed by atoms with Gasteiger partial charge in [0, 0.05) is 11.4 Å². The second kappa shape index (κ2) is 7.33. The molecule has 1 saturated carbocycles. The highest BCUT2D eigenvalue weighted by Crippen LogP contribution is 2.46. The van der Waals surface area contributed by atoms with Crippen LogP contribution in [0.3, 0.4) is 0 Å². The van der Waals surface area contributed by atoms with E-state index in [2.05, 4.69) is 10.6 Å². The number of rotatable bonds is 6. The maximum absolute atomic E-state index is 12.8. The summed E-state index contributed by atoms with van der Waals surface area (Å²) in [7, 11) is 0. The van der Waals surface area contributed by atoms with E-state index in [0.29, 0.717) is 5.56 Å². The van der Waals surface area contributed by atoms with Crippen molar-refractivity contribution in [3.63, 3.8) is 0 Å². The van der Waals surface area contributed by atoms with E-state index < -0.39 is 17.4 Å². The van der Waals surface area contributed by atoms with Gasteiger partial charge in [-0.3, -0.25) is 9.59 Å². The first-order valence-corrected chi connectivity index (χ1v) is 8.94. The minimum atomic E-state index is -1.12. The van der Waals surface area contributed by atoms with Crippen molar-refractivity contribution in [2.24, 2.45) is 5.92 Å². The molecule has 132 valence electrons. The van der Waals surface area contributed by atoms with Crippen LogP contribution in [0.15, 0.2) is 41.8 Å². The molecule has 7 heteroatoms. The number of benzene rings is 1. The molecule has 1 aliphatic carbocycles. The molecule has 1 atom stereocenters. The molecule has 1 heterocycles. The van der Waals surface area contributed by atoms with Gasteiger partial charge in [-0.1, -0.05) is 18.2 Å². The van der Waals surface area contributed by atoms with E-state index >= 15 is 0 Å². The zero-order valence-electron chi connectivity index (χ0n) is 13.5. The van der Waals surface area contributed by atoms with Crippen LogP contribution in [-0.4, -0.2) is 23.5 Å². The molecule has 0 saturated heterocycles. The van der Waals surface area contributed by atoms with Gasteiger partial charge < -0.3 is 15.7 Å². The minimum Gasteiger partial charge on any atom is -0.382 e. The van der Waals surface area contributed by atoms with E-state index in [1.165, 1.54) is 35.6 Å². The Hall–Kier alpha value is -2.25. The fraction of sp³-hybridized carbons (Fsp3) is 0.333. The largest absolute Gasteiger partial charge is 0.382 e. The van der Waals surface area contributed by atoms with Gasteiger partial charge in [0.1, 0.15) is 11.4 Å². The van der Waals surface area contributed by atoms with Crippen molar-refractivity contribution in [1.29, 1.82) is 0 Å². The number of aliphatic hydroxyl groups is 1. The number of carbonyl (C=O) groups is 2. The van der Waals surface area contributed by atoms with Crippen LogP contribution in [0.1, 0.15) is 23.3 Å². The highest BCUT2D eigenvalue weighted by molar-refractivity contribution is 7.10. The second-order valence-electron chi connectivity index (χ2n) is 6.17. The third kappa shape index (κ3) is 4.24. The molecule has 25 heavy (non-hydrogen) atoms. The fourth-order valence-electron chi connectivity index (χ4n) is 2.68. The molecular formula is C18H19FN2O3S. The summed E-state index contributed by atoms with van der Waals surface area (Å²) in [6, 6.07) is 9.34. The van der Waals surface area contributed by atoms with Gasteiger partial charge in [-0.2, -0.15) is 0 Å². The number of halogens is 1. The Morgan fingerprint density at radius 2 is 1.84 bits per heavy atom. The summed E-state index contributed by atoms with van der Waals surface area (Å²) in [5.41, 5.74) is -0.434. The van der Waals surface area contributed by atoms with E-state index in [-0.39, 0.29) is 24.8 Å². The summed E-state index contributed by atoms with van der Waals surface area (Å²) in [6.45, 7) is 0.130. The summed E-state index contributed by atoms with van der Waals surface area (Å²) >= 11 is 1.43. The summed E-state index contributed by atoms with van der Waals surface area (Å²) in [4.78, 5) is 24.7. The molecule has 2 aromatic rings. The monoisotopic (exact) mass is 362 g/mol. The molecule has 0 bridgehead atoms. The van der Waals surface area contributed by atoms with Crippen LogP contribution in [0.2, 0.25) is 0 Å². The third-order valence-corrected chi connectivity index (χ3v) is 5.33. The Balaban J connectivity index is 1.52. The summed E-state index contributed by atoms with van der Waals surface area (Å²) in [5.74, 6) is -1.83. The first-order valence-electron chi connectivity index (χ1n) is 8.06. The molecule has 1 aliphatic rings. The molecule has 0 radical (unpaired) electrons. The molecule has 5 nitrogen and oxygen atoms in total. The lowest BCUT2D eigenvalue weighted by Gasteiger charge is -2.27. The fourth-order valence-corrected chi connectivity index (χ4v) is 3.58. The van der Waals surface area contributed by atoms with E-state index in [1.54, 1.807) is 0 Å². The molecule has 3 rings (SSSR count). The highest BCUT2D eigenvalue weighted by atomic mass is 32.1. The van der Waals surface area contributed by atoms with E-state index in [4.69, 9.17) is 0 Å². The number of nitrogens with one attached hydrogen (secondary N) is 2. The van der Waals surface area contributed by atoms with Gasteiger partial charge in [0.15, 0.2) is 0 Å². The van der Waals surface area contributed by atoms with Gasteiger partial charge in [0.05, 0.1) is 6.54 Å². The molecule has 0 unspecified atom stereocenters. The second-order valence-corrected chi connectivity index (χ2v) is 7.12. The van der Waals surface area contributed by atoms with Gasteiger partial charge in [-0.25, -0.2) is 4.39 Å². The lowest BCUT2D eigenvalue weighted by Crippen LogP contribution is -2.47. The lowest BCUT2D eigenvalue weighted by molar-refractivity contribution is -0.140. The number of carbonyl (C=O) groups excluding carboxylic acids is 2. The number of hydrogen-bond donors (Lipinski definition) is 3. The molecule has 1 aromatic carbocycles. The maximum atomic E-state index is 12.8. The van der Waals surface area contributed by atoms with Crippen molar-refractivity contribution in [3.05, 3.63) is 58.0 Å². The van der Waals surface area contributed by atoms with Crippen molar-refractivity contribution < 1.29 is 19.1 Å². The molecular weight excluding hydrogens is 343 g/mol. The van der Waals surface area contributed by atoms with Crippen molar-refractivity contribution in [2.75, 3.05) is 6.54 Å². The standard InChI is InChI=1S/C18H19FN2O3S/c19-14-7-3-12(4-8-14)10-20-16(22)17(23)21-11-18(24,13-5-6-13)15-2-1-9-25-15/h1-4,7-9,13,24H,5-6,10-11H2,(H,20,22)(H,21,23)/t18-/m1/s1. The highest BCUT2D eigenvalue weighted by Gasteiger charge is 2.46. The van der Waals surface area contributed by atoms with Gasteiger partial charge in [-0.05, 0) is 47.9 Å². The molecule has 0 aliphatic heterocycles. The lowest BCUT2D eigenvalue weighted by atomic mass is 9.95. The van der Waals surface area contributed by atoms with Crippen LogP contribution >= 0.6 is 11.3 Å². The Bertz CT molecular complexity index is 744. The average molecular weight is 362 g/mol. The van der Waals surface area contributed by atoms with Crippen LogP contribution in [0.25, 0.3) is 0 Å². The summed E-state index contributed by atoms with van der Waals surface area (Å²) in [5, 5.41) is 17.8. The third-order valence-electron chi connectivity index (χ3n) is 4.29. The van der Waals surface area contributed by atoms with Crippen LogP contribution in [0, 0.1) is 11.7 Å². The van der Waals surface area contributed by atoms with Crippen molar-refractivity contribution >= 4 is 23.2 Å². The predicted molar refractivity (Wildman–Crippen MR) is 92.2 cm³/mol. The first kappa shape index (κ1) is 17.6. The Labute approximate surface area is 148 Å². The van der Waals surface area contributed by atoms with Crippen LogP contribution in [0.4, 0.5) is 4.39 Å². The SMILES string of the molecule is O=C(NCc1ccc(F)cc1)C(=O)NC[C@](O)(c1cccs1)C1CC1. The maximum Gasteiger partial charge on any atom is 0.309 e. The van der Waals surface area contributed by atoms with Crippen molar-refractivity contribution in [3.8, 4) is 0 Å². The topological polar surface area (TPSA) is 78.4 Å². The zero-order chi connectivity index (χ0) is 17.9. The molecule has 1 fully saturated rings. The minimum absolute atomic E-state index is 0.000974. The quantitative estimate of drug-likeness (QED) is 0.687. The Morgan fingerprint density at radius 3 is 2.44 bits per heavy atom. The van der Waals surface area contributed by atoms with Crippen LogP contribution in [-0.2, 0) is 21.7 Å². The van der Waals surface area contributed by atoms with Gasteiger partial charge in [-0.15, -0.1) is 11.3 Å². The van der Waals surface area contributed by atoms with E-state index in [1.807, 2.05) is 17.5 Å². The van der Waals surface area contributed by atoms with Crippen LogP contribution < -0.4 is 10.6 Å². The number of thiophene rings is 1. The average Bonchev–Trinajstić information content (AvgIpc) is 3.33. The molecule has 2 amide bonds. The smallest absolute Gasteiger partial charge is 0.309 e. The van der Waals surface area contributed by atoms with Crippen molar-refractivity contribution in [2.45, 2.75) is 25.0 Å². The Morgan fingerprint density at radius 1 is 1.16 bits per heavy atom. The van der Waals surface area contributed by atoms with Crippen molar-refractivity contribution in [1.82, 2.24) is 10.6 Å². The normalized spacial score (nSPS) is 16.1. The van der Waals surface area contributed by atoms with Gasteiger partial charge in [0.25, 0.3) is 0 Å². The number of amides is 2. The van der Waals surface area contributed by atoms with E-state index in [9.17, 15) is 19.1 Å². The molecule has 0 spiro atoms. The number of hydrogen-bond acceptors (Lipinski definition) is 4. The van der Waals surface area contributed by atoms with Gasteiger partial charge in [0.2, 0.25) is 0 Å². The summed E-state index contributed by atoms with van der Waals surface area (Å²) < 4.78 is 12.8. The molecule has 3 N–H and O–H groups in total. The van der Waals surface area contributed by atoms with Gasteiger partial charge >= 0.3 is 11.8 Å². The predicted octanol–water partition coefficient (Wildman–Crippen LogP) is 1.92. The zero-order valence-corrected chi connectivity index (χ0v) is 14.3. The van der Waals surface area contributed by atoms with Crippen LogP contribution in [0.5, 0.6) is 0 Å². The first-order chi connectivity index (χ1) is 12.0. The van der Waals surface area contributed by atoms with E-state index in [0.717, 1.165) is 17.7 Å². The molecule has 1 aromatic heterocycles. The summed E-state index contributed by atoms with van der Waals surface area (Å²) in [6.07, 6.45) is 1.81. The Kier molecular flexibility index (Phi) is 5.15.